The van der Waals surface area contributed by atoms with Gasteiger partial charge >= 0.3 is 0 Å². The van der Waals surface area contributed by atoms with Crippen molar-refractivity contribution in [1.82, 2.24) is 5.32 Å². The molecule has 2 rings (SSSR count). The maximum atomic E-state index is 12.0. The lowest BCUT2D eigenvalue weighted by molar-refractivity contribution is 0.0951. The van der Waals surface area contributed by atoms with Crippen LogP contribution in [0.5, 0.6) is 0 Å². The van der Waals surface area contributed by atoms with Gasteiger partial charge < -0.3 is 16.4 Å². The van der Waals surface area contributed by atoms with Crippen molar-refractivity contribution in [2.24, 2.45) is 5.73 Å². The first-order valence-corrected chi connectivity index (χ1v) is 6.19. The van der Waals surface area contributed by atoms with Crippen molar-refractivity contribution in [2.75, 3.05) is 5.32 Å². The van der Waals surface area contributed by atoms with E-state index in [4.69, 9.17) is 11.1 Å². The minimum Gasteiger partial charge on any atom is -0.370 e. The average Bonchev–Trinajstić information content (AvgIpc) is 2.46. The highest BCUT2D eigenvalue weighted by Gasteiger charge is 2.06. The molecule has 0 heterocycles. The molecule has 0 aromatic heterocycles. The predicted octanol–water partition coefficient (Wildman–Crippen LogP) is 1.92. The van der Waals surface area contributed by atoms with Crippen molar-refractivity contribution in [3.63, 3.8) is 0 Å². The Bertz CT molecular complexity index is 610. The van der Waals surface area contributed by atoms with Gasteiger partial charge in [-0.1, -0.05) is 36.4 Å². The van der Waals surface area contributed by atoms with Crippen LogP contribution in [0.4, 0.5) is 5.69 Å². The molecule has 20 heavy (non-hydrogen) atoms. The van der Waals surface area contributed by atoms with Gasteiger partial charge in [0.15, 0.2) is 5.96 Å². The number of benzene rings is 2. The number of hydrogen-bond acceptors (Lipinski definition) is 2. The van der Waals surface area contributed by atoms with E-state index in [-0.39, 0.29) is 11.9 Å². The van der Waals surface area contributed by atoms with Gasteiger partial charge in [-0.15, -0.1) is 0 Å². The van der Waals surface area contributed by atoms with Crippen molar-refractivity contribution in [3.05, 3.63) is 65.7 Å². The van der Waals surface area contributed by atoms with E-state index in [1.165, 1.54) is 0 Å². The lowest BCUT2D eigenvalue weighted by atomic mass is 10.1. The van der Waals surface area contributed by atoms with E-state index >= 15 is 0 Å². The van der Waals surface area contributed by atoms with Gasteiger partial charge in [0.1, 0.15) is 0 Å². The van der Waals surface area contributed by atoms with Gasteiger partial charge in [-0.3, -0.25) is 10.2 Å². The van der Waals surface area contributed by atoms with Gasteiger partial charge in [0.05, 0.1) is 0 Å². The Morgan fingerprint density at radius 1 is 1.05 bits per heavy atom. The average molecular weight is 268 g/mol. The highest BCUT2D eigenvalue weighted by molar-refractivity contribution is 5.94. The van der Waals surface area contributed by atoms with Crippen LogP contribution in [0.1, 0.15) is 15.9 Å². The van der Waals surface area contributed by atoms with Crippen LogP contribution in [0.2, 0.25) is 0 Å². The number of anilines is 1. The summed E-state index contributed by atoms with van der Waals surface area (Å²) in [5, 5.41) is 12.8. The molecule has 5 heteroatoms. The molecule has 0 aliphatic heterocycles. The first-order valence-electron chi connectivity index (χ1n) is 6.19. The molecule has 0 unspecified atom stereocenters. The van der Waals surface area contributed by atoms with Gasteiger partial charge in [-0.2, -0.15) is 0 Å². The standard InChI is InChI=1S/C15H16N4O/c16-15(17)19-13-9-5-4-8-12(13)10-18-14(20)11-6-2-1-3-7-11/h1-9H,10H2,(H,18,20)(H4,16,17,19). The van der Waals surface area contributed by atoms with Crippen molar-refractivity contribution in [2.45, 2.75) is 6.54 Å². The molecule has 0 saturated carbocycles. The molecule has 0 saturated heterocycles. The Hall–Kier alpha value is -2.82. The zero-order valence-electron chi connectivity index (χ0n) is 10.9. The Morgan fingerprint density at radius 2 is 1.70 bits per heavy atom. The molecule has 0 fully saturated rings. The molecule has 5 nitrogen and oxygen atoms in total. The summed E-state index contributed by atoms with van der Waals surface area (Å²) in [6.45, 7) is 0.365. The van der Waals surface area contributed by atoms with E-state index in [1.54, 1.807) is 12.1 Å². The molecule has 0 atom stereocenters. The van der Waals surface area contributed by atoms with Crippen LogP contribution < -0.4 is 16.4 Å². The highest BCUT2D eigenvalue weighted by atomic mass is 16.1. The normalized spacial score (nSPS) is 9.80. The number of carbonyl (C=O) groups excluding carboxylic acids is 1. The first kappa shape index (κ1) is 13.6. The van der Waals surface area contributed by atoms with Crippen molar-refractivity contribution in [3.8, 4) is 0 Å². The molecule has 2 aromatic carbocycles. The molecule has 0 aliphatic carbocycles. The predicted molar refractivity (Wildman–Crippen MR) is 79.6 cm³/mol. The van der Waals surface area contributed by atoms with Crippen LogP contribution in [0.25, 0.3) is 0 Å². The molecular formula is C15H16N4O. The van der Waals surface area contributed by atoms with Crippen molar-refractivity contribution in [1.29, 1.82) is 5.41 Å². The van der Waals surface area contributed by atoms with Gasteiger partial charge in [-0.05, 0) is 23.8 Å². The van der Waals surface area contributed by atoms with Gasteiger partial charge in [0.25, 0.3) is 5.91 Å². The summed E-state index contributed by atoms with van der Waals surface area (Å²) in [5.74, 6) is -0.268. The molecule has 5 N–H and O–H groups in total. The van der Waals surface area contributed by atoms with Gasteiger partial charge in [-0.25, -0.2) is 0 Å². The molecule has 1 amide bonds. The summed E-state index contributed by atoms with van der Waals surface area (Å²) in [7, 11) is 0. The Morgan fingerprint density at radius 3 is 2.40 bits per heavy atom. The largest absolute Gasteiger partial charge is 0.370 e. The van der Waals surface area contributed by atoms with E-state index in [2.05, 4.69) is 10.6 Å². The molecule has 0 aliphatic rings. The Kier molecular flexibility index (Phi) is 4.34. The third-order valence-corrected chi connectivity index (χ3v) is 2.76. The number of rotatable bonds is 4. The smallest absolute Gasteiger partial charge is 0.251 e. The number of para-hydroxylation sites is 1. The second-order valence-corrected chi connectivity index (χ2v) is 4.24. The van der Waals surface area contributed by atoms with Crippen molar-refractivity contribution >= 4 is 17.6 Å². The monoisotopic (exact) mass is 268 g/mol. The van der Waals surface area contributed by atoms with Crippen LogP contribution in [0.15, 0.2) is 54.6 Å². The van der Waals surface area contributed by atoms with Crippen LogP contribution >= 0.6 is 0 Å². The summed E-state index contributed by atoms with van der Waals surface area (Å²) in [5.41, 5.74) is 7.52. The van der Waals surface area contributed by atoms with E-state index in [1.807, 2.05) is 42.5 Å². The maximum Gasteiger partial charge on any atom is 0.251 e. The summed E-state index contributed by atoms with van der Waals surface area (Å²) in [6, 6.07) is 16.4. The molecule has 102 valence electrons. The fraction of sp³-hybridized carbons (Fsp3) is 0.0667. The third-order valence-electron chi connectivity index (χ3n) is 2.76. The summed E-state index contributed by atoms with van der Waals surface area (Å²) < 4.78 is 0. The number of guanidine groups is 1. The quantitative estimate of drug-likeness (QED) is 0.504. The number of carbonyl (C=O) groups is 1. The van der Waals surface area contributed by atoms with E-state index < -0.39 is 0 Å². The number of hydrogen-bond donors (Lipinski definition) is 4. The first-order chi connectivity index (χ1) is 9.66. The summed E-state index contributed by atoms with van der Waals surface area (Å²) in [6.07, 6.45) is 0. The van der Waals surface area contributed by atoms with Gasteiger partial charge in [0, 0.05) is 17.8 Å². The summed E-state index contributed by atoms with van der Waals surface area (Å²) >= 11 is 0. The molecule has 0 bridgehead atoms. The summed E-state index contributed by atoms with van der Waals surface area (Å²) in [4.78, 5) is 12.0. The zero-order chi connectivity index (χ0) is 14.4. The topological polar surface area (TPSA) is 91.0 Å². The lowest BCUT2D eigenvalue weighted by Gasteiger charge is -2.11. The SMILES string of the molecule is N=C(N)Nc1ccccc1CNC(=O)c1ccccc1. The molecule has 0 radical (unpaired) electrons. The molecule has 2 aromatic rings. The Labute approximate surface area is 117 Å². The van der Waals surface area contributed by atoms with Crippen LogP contribution in [0, 0.1) is 5.41 Å². The third kappa shape index (κ3) is 3.58. The van der Waals surface area contributed by atoms with Crippen LogP contribution in [0.3, 0.4) is 0 Å². The van der Waals surface area contributed by atoms with E-state index in [9.17, 15) is 4.79 Å². The van der Waals surface area contributed by atoms with Crippen molar-refractivity contribution < 1.29 is 4.79 Å². The number of nitrogens with two attached hydrogens (primary N) is 1. The number of nitrogens with one attached hydrogen (secondary N) is 3. The van der Waals surface area contributed by atoms with E-state index in [0.29, 0.717) is 17.8 Å². The zero-order valence-corrected chi connectivity index (χ0v) is 10.9. The highest BCUT2D eigenvalue weighted by Crippen LogP contribution is 2.14. The number of amides is 1. The fourth-order valence-corrected chi connectivity index (χ4v) is 1.81. The van der Waals surface area contributed by atoms with Crippen LogP contribution in [-0.2, 0) is 6.54 Å². The minimum absolute atomic E-state index is 0.133. The fourth-order valence-electron chi connectivity index (χ4n) is 1.81. The maximum absolute atomic E-state index is 12.0. The Balaban J connectivity index is 2.04. The second kappa shape index (κ2) is 6.38. The minimum atomic E-state index is -0.136. The second-order valence-electron chi connectivity index (χ2n) is 4.24. The molecule has 0 spiro atoms. The van der Waals surface area contributed by atoms with Gasteiger partial charge in [0.2, 0.25) is 0 Å². The molecular weight excluding hydrogens is 252 g/mol. The van der Waals surface area contributed by atoms with E-state index in [0.717, 1.165) is 5.56 Å². The van der Waals surface area contributed by atoms with Crippen LogP contribution in [-0.4, -0.2) is 11.9 Å². The lowest BCUT2D eigenvalue weighted by Crippen LogP contribution is -2.25.